The molecule has 128 valence electrons. The summed E-state index contributed by atoms with van der Waals surface area (Å²) >= 11 is 0.840. The highest BCUT2D eigenvalue weighted by atomic mass is 32.2. The van der Waals surface area contributed by atoms with Crippen molar-refractivity contribution in [3.05, 3.63) is 24.0 Å². The molecule has 2 rings (SSSR count). The molecule has 2 heterocycles. The monoisotopic (exact) mass is 349 g/mol. The van der Waals surface area contributed by atoms with Crippen molar-refractivity contribution in [3.8, 4) is 0 Å². The zero-order valence-electron chi connectivity index (χ0n) is 12.4. The summed E-state index contributed by atoms with van der Waals surface area (Å²) in [4.78, 5) is 17.6. The first kappa shape index (κ1) is 18.0. The number of alkyl halides is 3. The predicted molar refractivity (Wildman–Crippen MR) is 80.2 cm³/mol. The van der Waals surface area contributed by atoms with Gasteiger partial charge >= 0.3 is 6.18 Å². The number of amides is 1. The average Bonchev–Trinajstić information content (AvgIpc) is 2.53. The average molecular weight is 349 g/mol. The Kier molecular flexibility index (Phi) is 6.67. The number of aromatic nitrogens is 1. The van der Waals surface area contributed by atoms with Gasteiger partial charge in [-0.3, -0.25) is 14.7 Å². The van der Waals surface area contributed by atoms with E-state index in [-0.39, 0.29) is 16.6 Å². The standard InChI is InChI=1S/C14H18F3N3O2S/c15-14(16,17)11-1-2-18-9-12(11)23-10-13(21)19-3-4-20-5-7-22-8-6-20/h1-2,9H,3-8,10H2,(H,19,21). The van der Waals surface area contributed by atoms with Crippen molar-refractivity contribution in [1.29, 1.82) is 0 Å². The number of carbonyl (C=O) groups is 1. The Morgan fingerprint density at radius 1 is 1.39 bits per heavy atom. The molecule has 0 saturated carbocycles. The minimum absolute atomic E-state index is 0.0386. The van der Waals surface area contributed by atoms with E-state index in [2.05, 4.69) is 15.2 Å². The maximum Gasteiger partial charge on any atom is 0.417 e. The van der Waals surface area contributed by atoms with Crippen molar-refractivity contribution in [2.75, 3.05) is 45.1 Å². The Morgan fingerprint density at radius 3 is 2.83 bits per heavy atom. The van der Waals surface area contributed by atoms with Gasteiger partial charge in [-0.15, -0.1) is 11.8 Å². The Morgan fingerprint density at radius 2 is 2.13 bits per heavy atom. The fourth-order valence-electron chi connectivity index (χ4n) is 2.10. The van der Waals surface area contributed by atoms with Crippen molar-refractivity contribution in [1.82, 2.24) is 15.2 Å². The quantitative estimate of drug-likeness (QED) is 0.792. The third kappa shape index (κ3) is 6.00. The number of thioether (sulfide) groups is 1. The number of halogens is 3. The molecule has 1 saturated heterocycles. The van der Waals surface area contributed by atoms with Crippen molar-refractivity contribution >= 4 is 17.7 Å². The molecule has 1 aromatic heterocycles. The van der Waals surface area contributed by atoms with E-state index in [0.717, 1.165) is 43.3 Å². The normalized spacial score (nSPS) is 16.3. The third-order valence-corrected chi connectivity index (χ3v) is 4.35. The van der Waals surface area contributed by atoms with Gasteiger partial charge in [0.2, 0.25) is 5.91 Å². The molecule has 9 heteroatoms. The molecule has 0 spiro atoms. The summed E-state index contributed by atoms with van der Waals surface area (Å²) in [5, 5.41) is 2.71. The van der Waals surface area contributed by atoms with Crippen LogP contribution in [0.1, 0.15) is 5.56 Å². The van der Waals surface area contributed by atoms with E-state index in [0.29, 0.717) is 26.3 Å². The van der Waals surface area contributed by atoms with Gasteiger partial charge in [0.25, 0.3) is 0 Å². The fourth-order valence-corrected chi connectivity index (χ4v) is 2.97. The van der Waals surface area contributed by atoms with Crippen LogP contribution in [0.2, 0.25) is 0 Å². The van der Waals surface area contributed by atoms with Crippen molar-refractivity contribution in [3.63, 3.8) is 0 Å². The molecule has 0 aliphatic carbocycles. The SMILES string of the molecule is O=C(CSc1cnccc1C(F)(F)F)NCCN1CCOCC1. The van der Waals surface area contributed by atoms with Crippen LogP contribution in [0.25, 0.3) is 0 Å². The van der Waals surface area contributed by atoms with Crippen LogP contribution >= 0.6 is 11.8 Å². The van der Waals surface area contributed by atoms with Gasteiger partial charge in [0, 0.05) is 43.5 Å². The van der Waals surface area contributed by atoms with Gasteiger partial charge in [-0.1, -0.05) is 0 Å². The minimum atomic E-state index is -4.45. The lowest BCUT2D eigenvalue weighted by Crippen LogP contribution is -2.41. The van der Waals surface area contributed by atoms with Gasteiger partial charge in [0.1, 0.15) is 0 Å². The number of carbonyl (C=O) groups excluding carboxylic acids is 1. The largest absolute Gasteiger partial charge is 0.417 e. The summed E-state index contributed by atoms with van der Waals surface area (Å²) in [5.74, 6) is -0.363. The second kappa shape index (κ2) is 8.51. The summed E-state index contributed by atoms with van der Waals surface area (Å²) in [6.45, 7) is 4.21. The van der Waals surface area contributed by atoms with E-state index in [4.69, 9.17) is 4.74 Å². The summed E-state index contributed by atoms with van der Waals surface area (Å²) in [6.07, 6.45) is -2.22. The third-order valence-electron chi connectivity index (χ3n) is 3.30. The van der Waals surface area contributed by atoms with E-state index >= 15 is 0 Å². The summed E-state index contributed by atoms with van der Waals surface area (Å²) < 4.78 is 43.7. The molecule has 1 aliphatic heterocycles. The number of hydrogen-bond acceptors (Lipinski definition) is 5. The molecule has 23 heavy (non-hydrogen) atoms. The highest BCUT2D eigenvalue weighted by Gasteiger charge is 2.33. The molecule has 0 aromatic carbocycles. The van der Waals surface area contributed by atoms with Gasteiger partial charge < -0.3 is 10.1 Å². The zero-order chi connectivity index (χ0) is 16.7. The van der Waals surface area contributed by atoms with Crippen LogP contribution in [-0.4, -0.2) is 60.9 Å². The molecular formula is C14H18F3N3O2S. The number of hydrogen-bond donors (Lipinski definition) is 1. The lowest BCUT2D eigenvalue weighted by molar-refractivity contribution is -0.139. The minimum Gasteiger partial charge on any atom is -0.379 e. The first-order chi connectivity index (χ1) is 11.0. The van der Waals surface area contributed by atoms with Crippen molar-refractivity contribution < 1.29 is 22.7 Å². The second-order valence-corrected chi connectivity index (χ2v) is 5.98. The highest BCUT2D eigenvalue weighted by molar-refractivity contribution is 8.00. The van der Waals surface area contributed by atoms with Gasteiger partial charge in [-0.25, -0.2) is 0 Å². The summed E-state index contributed by atoms with van der Waals surface area (Å²) in [6, 6.07) is 0.915. The number of nitrogens with zero attached hydrogens (tertiary/aromatic N) is 2. The lowest BCUT2D eigenvalue weighted by atomic mass is 10.3. The molecular weight excluding hydrogens is 331 g/mol. The van der Waals surface area contributed by atoms with Crippen LogP contribution in [0.5, 0.6) is 0 Å². The number of morpholine rings is 1. The van der Waals surface area contributed by atoms with Gasteiger partial charge in [0.15, 0.2) is 0 Å². The smallest absolute Gasteiger partial charge is 0.379 e. The Labute approximate surface area is 136 Å². The van der Waals surface area contributed by atoms with E-state index in [9.17, 15) is 18.0 Å². The molecule has 5 nitrogen and oxygen atoms in total. The topological polar surface area (TPSA) is 54.5 Å². The highest BCUT2D eigenvalue weighted by Crippen LogP contribution is 2.35. The number of ether oxygens (including phenoxy) is 1. The molecule has 1 fully saturated rings. The predicted octanol–water partition coefficient (Wildman–Crippen LogP) is 1.64. The second-order valence-electron chi connectivity index (χ2n) is 4.96. The Bertz CT molecular complexity index is 522. The maximum atomic E-state index is 12.8. The summed E-state index contributed by atoms with van der Waals surface area (Å²) in [7, 11) is 0. The first-order valence-electron chi connectivity index (χ1n) is 7.17. The Hall–Kier alpha value is -1.32. The Balaban J connectivity index is 1.74. The lowest BCUT2D eigenvalue weighted by Gasteiger charge is -2.26. The van der Waals surface area contributed by atoms with Crippen LogP contribution in [0, 0.1) is 0 Å². The summed E-state index contributed by atoms with van der Waals surface area (Å²) in [5.41, 5.74) is -0.765. The number of rotatable bonds is 6. The van der Waals surface area contributed by atoms with Crippen LogP contribution in [0.15, 0.2) is 23.4 Å². The molecule has 1 amide bonds. The maximum absolute atomic E-state index is 12.8. The van der Waals surface area contributed by atoms with E-state index in [1.165, 1.54) is 0 Å². The van der Waals surface area contributed by atoms with Crippen molar-refractivity contribution in [2.45, 2.75) is 11.1 Å². The molecule has 1 N–H and O–H groups in total. The van der Waals surface area contributed by atoms with Crippen LogP contribution < -0.4 is 5.32 Å². The van der Waals surface area contributed by atoms with Gasteiger partial charge in [0.05, 0.1) is 24.5 Å². The van der Waals surface area contributed by atoms with Gasteiger partial charge in [-0.2, -0.15) is 13.2 Å². The van der Waals surface area contributed by atoms with E-state index < -0.39 is 11.7 Å². The first-order valence-corrected chi connectivity index (χ1v) is 8.16. The number of nitrogens with one attached hydrogen (secondary N) is 1. The van der Waals surface area contributed by atoms with Crippen LogP contribution in [0.3, 0.4) is 0 Å². The van der Waals surface area contributed by atoms with Crippen LogP contribution in [-0.2, 0) is 15.7 Å². The molecule has 1 aliphatic rings. The zero-order valence-corrected chi connectivity index (χ0v) is 13.3. The molecule has 1 aromatic rings. The molecule has 0 atom stereocenters. The van der Waals surface area contributed by atoms with E-state index in [1.54, 1.807) is 0 Å². The van der Waals surface area contributed by atoms with Crippen molar-refractivity contribution in [2.24, 2.45) is 0 Å². The molecule has 0 unspecified atom stereocenters. The van der Waals surface area contributed by atoms with Crippen LogP contribution in [0.4, 0.5) is 13.2 Å². The van der Waals surface area contributed by atoms with Gasteiger partial charge in [-0.05, 0) is 6.07 Å². The fraction of sp³-hybridized carbons (Fsp3) is 0.571. The molecule has 0 bridgehead atoms. The molecule has 0 radical (unpaired) electrons. The van der Waals surface area contributed by atoms with E-state index in [1.807, 2.05) is 0 Å². The number of pyridine rings is 1.